The first-order valence-electron chi connectivity index (χ1n) is 28.3. The number of imidazole rings is 1. The summed E-state index contributed by atoms with van der Waals surface area (Å²) in [5.41, 5.74) is 6.77. The number of hydrogen-bond donors (Lipinski definition) is 0. The van der Waals surface area contributed by atoms with Gasteiger partial charge in [-0.2, -0.15) is 0 Å². The highest BCUT2D eigenvalue weighted by Crippen LogP contribution is 2.43. The van der Waals surface area contributed by atoms with E-state index in [0.29, 0.717) is 51.7 Å². The maximum absolute atomic E-state index is 9.16. The summed E-state index contributed by atoms with van der Waals surface area (Å²) < 4.78 is 111. The Bertz CT molecular complexity index is 4170. The standard InChI is InChI=1S/C61H59N5O/c1-39-17-15-24-54-58(39)64(45-32-41(60(5,6)7)31-42(33-45)61(8,9)10)38-63(54)43-18-16-19-46(35-43)67-47-26-28-51-50-27-25-44(65-52-22-13-11-20-48(52)49-21-12-14-23-53(49)65)36-55(50)66(56(51)37-47)57-34-40(29-30-62-57)59(2,3)4/h11-32,34-37,42H,33H2,1-10H3/t42-/m0/s1/i1D3,11D,12D,13D,14D,20D,21D,22D,23D. The van der Waals surface area contributed by atoms with Crippen LogP contribution in [0.2, 0.25) is 0 Å². The highest BCUT2D eigenvalue weighted by Gasteiger charge is 2.31. The molecule has 0 fully saturated rings. The molecular formula is C61H59N5O. The van der Waals surface area contributed by atoms with Crippen molar-refractivity contribution in [1.82, 2.24) is 18.7 Å². The molecule has 4 aromatic heterocycles. The Morgan fingerprint density at radius 3 is 2.04 bits per heavy atom. The lowest BCUT2D eigenvalue weighted by Gasteiger charge is -2.35. The van der Waals surface area contributed by atoms with Crippen LogP contribution in [0.3, 0.4) is 0 Å². The first-order chi connectivity index (χ1) is 36.5. The summed E-state index contributed by atoms with van der Waals surface area (Å²) in [5.74, 6) is 1.81. The van der Waals surface area contributed by atoms with Gasteiger partial charge >= 0.3 is 0 Å². The number of hydrogen-bond acceptors (Lipinski definition) is 2. The van der Waals surface area contributed by atoms with Gasteiger partial charge in [-0.3, -0.25) is 13.7 Å². The van der Waals surface area contributed by atoms with Crippen LogP contribution in [0.1, 0.15) is 94.9 Å². The van der Waals surface area contributed by atoms with E-state index in [-0.39, 0.29) is 61.6 Å². The van der Waals surface area contributed by atoms with Gasteiger partial charge in [0.05, 0.1) is 49.8 Å². The van der Waals surface area contributed by atoms with Crippen molar-refractivity contribution in [3.63, 3.8) is 0 Å². The van der Waals surface area contributed by atoms with Gasteiger partial charge in [0, 0.05) is 49.3 Å². The van der Waals surface area contributed by atoms with Gasteiger partial charge in [-0.1, -0.05) is 135 Å². The number of nitrogens with zero attached hydrogens (tertiary/aromatic N) is 5. The quantitative estimate of drug-likeness (QED) is 0.123. The number of ether oxygens (including phenoxy) is 1. The maximum Gasteiger partial charge on any atom is 0.269 e. The van der Waals surface area contributed by atoms with Crippen molar-refractivity contribution in [2.45, 2.75) is 81.0 Å². The highest BCUT2D eigenvalue weighted by atomic mass is 16.5. The number of fused-ring (bicyclic) bond motifs is 7. The molecule has 1 aliphatic rings. The second kappa shape index (κ2) is 15.4. The van der Waals surface area contributed by atoms with Crippen LogP contribution in [-0.2, 0) is 5.41 Å². The van der Waals surface area contributed by atoms with E-state index in [9.17, 15) is 0 Å². The fourth-order valence-electron chi connectivity index (χ4n) is 9.47. The Hall–Kier alpha value is -7.18. The number of aromatic nitrogens is 5. The number of pyridine rings is 1. The van der Waals surface area contributed by atoms with E-state index in [0.717, 1.165) is 27.5 Å². The zero-order valence-electron chi connectivity index (χ0n) is 50.3. The van der Waals surface area contributed by atoms with Crippen LogP contribution in [0.15, 0.2) is 163 Å². The summed E-state index contributed by atoms with van der Waals surface area (Å²) >= 11 is 0. The highest BCUT2D eigenvalue weighted by molar-refractivity contribution is 6.12. The summed E-state index contributed by atoms with van der Waals surface area (Å²) in [4.78, 5) is 4.92. The van der Waals surface area contributed by atoms with E-state index in [1.807, 2.05) is 86.5 Å². The molecule has 10 aromatic rings. The van der Waals surface area contributed by atoms with Gasteiger partial charge in [0.2, 0.25) is 0 Å². The molecule has 1 aliphatic carbocycles. The van der Waals surface area contributed by atoms with Gasteiger partial charge in [0.15, 0.2) is 0 Å². The Kier molecular flexibility index (Phi) is 7.31. The summed E-state index contributed by atoms with van der Waals surface area (Å²) in [7, 11) is 0. The van der Waals surface area contributed by atoms with Crippen LogP contribution in [0.5, 0.6) is 11.5 Å². The van der Waals surface area contributed by atoms with Crippen molar-refractivity contribution >= 4 is 60.3 Å². The molecule has 0 saturated carbocycles. The maximum atomic E-state index is 9.16. The molecule has 0 bridgehead atoms. The third-order valence-electron chi connectivity index (χ3n) is 13.2. The molecule has 334 valence electrons. The molecule has 0 aliphatic heterocycles. The predicted molar refractivity (Wildman–Crippen MR) is 278 cm³/mol. The Morgan fingerprint density at radius 1 is 0.657 bits per heavy atom. The van der Waals surface area contributed by atoms with Gasteiger partial charge in [-0.25, -0.2) is 4.98 Å². The van der Waals surface area contributed by atoms with Crippen molar-refractivity contribution in [2.75, 3.05) is 0 Å². The molecule has 6 aromatic carbocycles. The number of rotatable bonds is 6. The van der Waals surface area contributed by atoms with Crippen LogP contribution in [0.25, 0.3) is 77.5 Å². The fourth-order valence-corrected chi connectivity index (χ4v) is 9.47. The summed E-state index contributed by atoms with van der Waals surface area (Å²) in [6.45, 7) is 17.3. The Morgan fingerprint density at radius 2 is 1.34 bits per heavy atom. The molecular weight excluding hydrogens is 819 g/mol. The van der Waals surface area contributed by atoms with E-state index >= 15 is 0 Å². The molecule has 6 nitrogen and oxygen atoms in total. The minimum atomic E-state index is -2.40. The molecule has 0 saturated heterocycles. The van der Waals surface area contributed by atoms with Gasteiger partial charge in [0.1, 0.15) is 17.3 Å². The molecule has 0 N–H and O–H groups in total. The second-order valence-corrected chi connectivity index (χ2v) is 20.9. The lowest BCUT2D eigenvalue weighted by molar-refractivity contribution is -0.561. The first-order valence-corrected chi connectivity index (χ1v) is 22.8. The van der Waals surface area contributed by atoms with E-state index < -0.39 is 43.1 Å². The van der Waals surface area contributed by atoms with Crippen LogP contribution < -0.4 is 9.30 Å². The largest absolute Gasteiger partial charge is 0.458 e. The number of benzene rings is 6. The number of aryl methyl sites for hydroxylation is 1. The second-order valence-electron chi connectivity index (χ2n) is 20.9. The number of para-hydroxylation sites is 3. The molecule has 67 heavy (non-hydrogen) atoms. The molecule has 4 heterocycles. The lowest BCUT2D eigenvalue weighted by atomic mass is 9.71. The van der Waals surface area contributed by atoms with Gasteiger partial charge in [-0.15, -0.1) is 0 Å². The number of allylic oxidation sites excluding steroid dienone is 4. The molecule has 6 heteroatoms. The lowest BCUT2D eigenvalue weighted by Crippen LogP contribution is -2.37. The molecule has 0 amide bonds. The van der Waals surface area contributed by atoms with E-state index in [1.165, 1.54) is 10.1 Å². The van der Waals surface area contributed by atoms with E-state index in [4.69, 9.17) is 24.8 Å². The summed E-state index contributed by atoms with van der Waals surface area (Å²) in [6, 6.07) is 24.8. The van der Waals surface area contributed by atoms with Crippen LogP contribution >= 0.6 is 0 Å². The normalized spacial score (nSPS) is 17.5. The zero-order valence-corrected chi connectivity index (χ0v) is 39.3. The van der Waals surface area contributed by atoms with E-state index in [2.05, 4.69) is 80.8 Å². The minimum absolute atomic E-state index is 0.000538. The van der Waals surface area contributed by atoms with Crippen molar-refractivity contribution in [3.8, 4) is 28.7 Å². The van der Waals surface area contributed by atoms with Crippen LogP contribution in [-0.4, -0.2) is 18.7 Å². The molecule has 0 radical (unpaired) electrons. The predicted octanol–water partition coefficient (Wildman–Crippen LogP) is 15.6. The van der Waals surface area contributed by atoms with Gasteiger partial charge < -0.3 is 9.30 Å². The third-order valence-corrected chi connectivity index (χ3v) is 13.2. The molecule has 0 unspecified atom stereocenters. The average Bonchev–Trinajstić information content (AvgIpc) is 4.29. The van der Waals surface area contributed by atoms with Crippen molar-refractivity contribution < 1.29 is 24.4 Å². The molecule has 1 atom stereocenters. The van der Waals surface area contributed by atoms with Gasteiger partial charge in [0.25, 0.3) is 6.33 Å². The average molecular weight is 889 g/mol. The topological polar surface area (TPSA) is 40.8 Å². The van der Waals surface area contributed by atoms with Crippen molar-refractivity contribution in [3.05, 3.63) is 181 Å². The van der Waals surface area contributed by atoms with Crippen LogP contribution in [0.4, 0.5) is 0 Å². The minimum Gasteiger partial charge on any atom is -0.458 e. The van der Waals surface area contributed by atoms with Crippen molar-refractivity contribution in [1.29, 1.82) is 0 Å². The molecule has 0 spiro atoms. The smallest absolute Gasteiger partial charge is 0.269 e. The fraction of sp³-hybridized carbons (Fsp3) is 0.246. The summed E-state index contributed by atoms with van der Waals surface area (Å²) in [5, 5.41) is 1.67. The van der Waals surface area contributed by atoms with E-state index in [1.54, 1.807) is 24.4 Å². The van der Waals surface area contributed by atoms with Gasteiger partial charge in [-0.05, 0) is 125 Å². The Balaban J connectivity index is 1.08. The third kappa shape index (κ3) is 7.34. The zero-order chi connectivity index (χ0) is 56.0. The Labute approximate surface area is 409 Å². The monoisotopic (exact) mass is 889 g/mol. The van der Waals surface area contributed by atoms with Crippen molar-refractivity contribution in [2.24, 2.45) is 16.7 Å². The molecule has 11 rings (SSSR count). The summed E-state index contributed by atoms with van der Waals surface area (Å²) in [6.07, 6.45) is 10.6. The SMILES string of the molecule is [2H]c1c([2H])c([2H])c2c(c1[2H])c1c([2H])c([2H])c([2H])c([2H])c1n2-c1ccc2c3ccc(Oc4cccc(-n5[c-][n+](C6=CC(C(C)(C)C)=C[C@H](C(C)(C)C)C6)c6c(C([2H])([2H])[2H])cccc65)c4)cc3n(-c3cc(C(C)(C)C)ccn3)c2c1. The first kappa shape index (κ1) is 31.7. The van der Waals surface area contributed by atoms with Crippen LogP contribution in [0, 0.1) is 29.9 Å².